The first-order valence-electron chi connectivity index (χ1n) is 8.04. The average molecular weight is 400 g/mol. The van der Waals surface area contributed by atoms with E-state index in [0.29, 0.717) is 5.56 Å². The molecule has 0 aliphatic rings. The lowest BCUT2D eigenvalue weighted by Gasteiger charge is -2.13. The first-order valence-corrected chi connectivity index (χ1v) is 9.52. The van der Waals surface area contributed by atoms with Gasteiger partial charge >= 0.3 is 6.18 Å². The molecule has 0 aromatic heterocycles. The van der Waals surface area contributed by atoms with Gasteiger partial charge in [0.15, 0.2) is 0 Å². The molecular formula is C18H19F3N2O3S. The van der Waals surface area contributed by atoms with Crippen LogP contribution in [0.25, 0.3) is 0 Å². The maximum atomic E-state index is 12.9. The zero-order valence-electron chi connectivity index (χ0n) is 14.7. The molecule has 0 aliphatic carbocycles. The molecule has 27 heavy (non-hydrogen) atoms. The third-order valence-electron chi connectivity index (χ3n) is 3.81. The molecule has 0 spiro atoms. The monoisotopic (exact) mass is 400 g/mol. The van der Waals surface area contributed by atoms with Crippen LogP contribution in [0, 0.1) is 13.8 Å². The van der Waals surface area contributed by atoms with Crippen molar-refractivity contribution in [2.24, 2.45) is 0 Å². The number of hydrogen-bond donors (Lipinski definition) is 2. The van der Waals surface area contributed by atoms with Gasteiger partial charge in [0, 0.05) is 13.1 Å². The molecule has 0 bridgehead atoms. The summed E-state index contributed by atoms with van der Waals surface area (Å²) in [6.07, 6.45) is -4.65. The number of carbonyl (C=O) groups is 1. The van der Waals surface area contributed by atoms with Crippen molar-refractivity contribution in [2.75, 3.05) is 13.1 Å². The van der Waals surface area contributed by atoms with Crippen molar-refractivity contribution in [3.05, 3.63) is 64.7 Å². The maximum absolute atomic E-state index is 12.9. The second kappa shape index (κ2) is 8.10. The van der Waals surface area contributed by atoms with Gasteiger partial charge in [-0.3, -0.25) is 4.79 Å². The highest BCUT2D eigenvalue weighted by Gasteiger charge is 2.34. The van der Waals surface area contributed by atoms with E-state index in [4.69, 9.17) is 0 Å². The number of hydrogen-bond acceptors (Lipinski definition) is 3. The fraction of sp³-hybridized carbons (Fsp3) is 0.278. The summed E-state index contributed by atoms with van der Waals surface area (Å²) in [6, 6.07) is 9.39. The Morgan fingerprint density at radius 2 is 1.70 bits per heavy atom. The second-order valence-corrected chi connectivity index (χ2v) is 7.70. The summed E-state index contributed by atoms with van der Waals surface area (Å²) in [6.45, 7) is 3.10. The Kier molecular flexibility index (Phi) is 6.27. The van der Waals surface area contributed by atoms with Gasteiger partial charge in [0.2, 0.25) is 10.0 Å². The highest BCUT2D eigenvalue weighted by molar-refractivity contribution is 7.89. The highest BCUT2D eigenvalue weighted by atomic mass is 32.2. The van der Waals surface area contributed by atoms with E-state index in [-0.39, 0.29) is 18.0 Å². The summed E-state index contributed by atoms with van der Waals surface area (Å²) in [5.41, 5.74) is -0.213. The van der Waals surface area contributed by atoms with Crippen LogP contribution in [0.4, 0.5) is 13.2 Å². The smallest absolute Gasteiger partial charge is 0.351 e. The summed E-state index contributed by atoms with van der Waals surface area (Å²) in [7, 11) is -3.79. The summed E-state index contributed by atoms with van der Waals surface area (Å²) in [4.78, 5) is 12.1. The van der Waals surface area contributed by atoms with E-state index in [1.807, 2.05) is 0 Å². The molecule has 1 amide bonds. The molecule has 0 atom stereocenters. The highest BCUT2D eigenvalue weighted by Crippen LogP contribution is 2.31. The van der Waals surface area contributed by atoms with Crippen LogP contribution in [0.5, 0.6) is 0 Å². The number of benzene rings is 2. The minimum absolute atomic E-state index is 0.122. The van der Waals surface area contributed by atoms with Gasteiger partial charge in [0.25, 0.3) is 5.91 Å². The van der Waals surface area contributed by atoms with Crippen molar-refractivity contribution in [3.63, 3.8) is 0 Å². The van der Waals surface area contributed by atoms with E-state index in [1.54, 1.807) is 26.0 Å². The lowest BCUT2D eigenvalue weighted by atomic mass is 10.1. The van der Waals surface area contributed by atoms with Crippen LogP contribution < -0.4 is 10.0 Å². The second-order valence-electron chi connectivity index (χ2n) is 5.97. The van der Waals surface area contributed by atoms with E-state index < -0.39 is 33.2 Å². The van der Waals surface area contributed by atoms with Crippen LogP contribution in [-0.4, -0.2) is 27.4 Å². The van der Waals surface area contributed by atoms with Crippen molar-refractivity contribution >= 4 is 15.9 Å². The van der Waals surface area contributed by atoms with E-state index in [2.05, 4.69) is 10.0 Å². The molecule has 0 aliphatic heterocycles. The molecule has 0 unspecified atom stereocenters. The van der Waals surface area contributed by atoms with Crippen LogP contribution in [-0.2, 0) is 16.2 Å². The quantitative estimate of drug-likeness (QED) is 0.732. The van der Waals surface area contributed by atoms with E-state index >= 15 is 0 Å². The molecule has 2 aromatic carbocycles. The molecule has 0 heterocycles. The lowest BCUT2D eigenvalue weighted by Crippen LogP contribution is -2.35. The normalized spacial score (nSPS) is 12.0. The molecule has 5 nitrogen and oxygen atoms in total. The van der Waals surface area contributed by atoms with Crippen LogP contribution in [0.15, 0.2) is 47.4 Å². The van der Waals surface area contributed by atoms with Gasteiger partial charge in [-0.15, -0.1) is 0 Å². The van der Waals surface area contributed by atoms with E-state index in [1.165, 1.54) is 18.2 Å². The Bertz CT molecular complexity index is 941. The molecule has 2 rings (SSSR count). The van der Waals surface area contributed by atoms with Crippen LogP contribution >= 0.6 is 0 Å². The third kappa shape index (κ3) is 5.30. The van der Waals surface area contributed by atoms with Gasteiger partial charge in [-0.2, -0.15) is 13.2 Å². The van der Waals surface area contributed by atoms with Crippen LogP contribution in [0.3, 0.4) is 0 Å². The first-order chi connectivity index (χ1) is 12.5. The van der Waals surface area contributed by atoms with Crippen molar-refractivity contribution in [2.45, 2.75) is 24.9 Å². The van der Waals surface area contributed by atoms with Gasteiger partial charge in [-0.1, -0.05) is 24.3 Å². The Labute approximate surface area is 155 Å². The van der Waals surface area contributed by atoms with Gasteiger partial charge in [-0.25, -0.2) is 13.1 Å². The number of amides is 1. The Hall–Kier alpha value is -2.39. The predicted octanol–water partition coefficient (Wildman–Crippen LogP) is 3.03. The molecule has 9 heteroatoms. The molecule has 0 saturated heterocycles. The molecule has 146 valence electrons. The van der Waals surface area contributed by atoms with Crippen LogP contribution in [0.2, 0.25) is 0 Å². The van der Waals surface area contributed by atoms with E-state index in [9.17, 15) is 26.4 Å². The maximum Gasteiger partial charge on any atom is 0.417 e. The van der Waals surface area contributed by atoms with Gasteiger partial charge in [0.1, 0.15) is 0 Å². The van der Waals surface area contributed by atoms with Crippen molar-refractivity contribution in [3.8, 4) is 0 Å². The standard InChI is InChI=1S/C18H19F3N2O3S/c1-12-7-8-13(2)16(11-12)27(25,26)23-10-9-22-17(24)14-5-3-4-6-15(14)18(19,20)21/h3-8,11,23H,9-10H2,1-2H3,(H,22,24). The predicted molar refractivity (Wildman–Crippen MR) is 94.9 cm³/mol. The molecular weight excluding hydrogens is 381 g/mol. The van der Waals surface area contributed by atoms with Gasteiger partial charge in [-0.05, 0) is 43.2 Å². The fourth-order valence-electron chi connectivity index (χ4n) is 2.46. The molecule has 0 fully saturated rings. The minimum atomic E-state index is -4.65. The Morgan fingerprint density at radius 3 is 2.37 bits per heavy atom. The Morgan fingerprint density at radius 1 is 1.04 bits per heavy atom. The molecule has 0 radical (unpaired) electrons. The van der Waals surface area contributed by atoms with Crippen LogP contribution in [0.1, 0.15) is 27.0 Å². The number of alkyl halides is 3. The summed E-state index contributed by atoms with van der Waals surface area (Å²) >= 11 is 0. The molecule has 2 aromatic rings. The first kappa shape index (κ1) is 20.9. The Balaban J connectivity index is 1.99. The minimum Gasteiger partial charge on any atom is -0.351 e. The lowest BCUT2D eigenvalue weighted by molar-refractivity contribution is -0.137. The SMILES string of the molecule is Cc1ccc(C)c(S(=O)(=O)NCCNC(=O)c2ccccc2C(F)(F)F)c1. The summed E-state index contributed by atoms with van der Waals surface area (Å²) in [5, 5.41) is 2.30. The fourth-order valence-corrected chi connectivity index (χ4v) is 3.82. The number of carbonyl (C=O) groups excluding carboxylic acids is 1. The third-order valence-corrected chi connectivity index (χ3v) is 5.42. The van der Waals surface area contributed by atoms with Gasteiger partial charge < -0.3 is 5.32 Å². The van der Waals surface area contributed by atoms with Crippen molar-refractivity contribution in [1.29, 1.82) is 0 Å². The number of nitrogens with one attached hydrogen (secondary N) is 2. The van der Waals surface area contributed by atoms with Crippen molar-refractivity contribution < 1.29 is 26.4 Å². The van der Waals surface area contributed by atoms with E-state index in [0.717, 1.165) is 17.7 Å². The summed E-state index contributed by atoms with van der Waals surface area (Å²) < 4.78 is 65.8. The van der Waals surface area contributed by atoms with Gasteiger partial charge in [0.05, 0.1) is 16.0 Å². The zero-order valence-corrected chi connectivity index (χ0v) is 15.5. The number of aryl methyl sites for hydroxylation is 2. The zero-order chi connectivity index (χ0) is 20.2. The topological polar surface area (TPSA) is 75.3 Å². The average Bonchev–Trinajstić information content (AvgIpc) is 2.59. The number of rotatable bonds is 6. The number of halogens is 3. The molecule has 2 N–H and O–H groups in total. The largest absolute Gasteiger partial charge is 0.417 e. The van der Waals surface area contributed by atoms with Crippen molar-refractivity contribution in [1.82, 2.24) is 10.0 Å². The molecule has 0 saturated carbocycles. The number of sulfonamides is 1. The summed E-state index contributed by atoms with van der Waals surface area (Å²) in [5.74, 6) is -0.922.